The molecular weight excluding hydrogens is 234 g/mol. The van der Waals surface area contributed by atoms with Crippen LogP contribution in [0, 0.1) is 12.8 Å². The maximum Gasteiger partial charge on any atom is 0.0367 e. The molecule has 19 heavy (non-hydrogen) atoms. The van der Waals surface area contributed by atoms with Gasteiger partial charge in [0.1, 0.15) is 0 Å². The second-order valence-electron chi connectivity index (χ2n) is 6.21. The zero-order chi connectivity index (χ0) is 13.2. The van der Waals surface area contributed by atoms with E-state index in [2.05, 4.69) is 52.9 Å². The second kappa shape index (κ2) is 5.51. The molecule has 0 bridgehead atoms. The summed E-state index contributed by atoms with van der Waals surface area (Å²) in [6.07, 6.45) is 0. The number of rotatable bonds is 3. The van der Waals surface area contributed by atoms with Crippen LogP contribution in [0.25, 0.3) is 0 Å². The topological polar surface area (TPSA) is 9.72 Å². The Morgan fingerprint density at radius 1 is 1.00 bits per heavy atom. The van der Waals surface area contributed by atoms with Gasteiger partial charge in [-0.3, -0.25) is 4.90 Å². The van der Waals surface area contributed by atoms with Gasteiger partial charge in [-0.2, -0.15) is 0 Å². The van der Waals surface area contributed by atoms with Crippen molar-refractivity contribution in [3.8, 4) is 0 Å². The molecule has 104 valence electrons. The maximum atomic E-state index is 2.64. The predicted octanol–water partition coefficient (Wildman–Crippen LogP) is 1.68. The molecule has 2 aliphatic rings. The lowest BCUT2D eigenvalue weighted by atomic mass is 10.0. The van der Waals surface area contributed by atoms with Crippen LogP contribution in [0.3, 0.4) is 0 Å². The normalized spacial score (nSPS) is 22.5. The molecule has 3 rings (SSSR count). The van der Waals surface area contributed by atoms with Gasteiger partial charge in [-0.15, -0.1) is 0 Å². The van der Waals surface area contributed by atoms with Gasteiger partial charge >= 0.3 is 0 Å². The van der Waals surface area contributed by atoms with Gasteiger partial charge in [0.25, 0.3) is 0 Å². The lowest BCUT2D eigenvalue weighted by molar-refractivity contribution is 0.0883. The van der Waals surface area contributed by atoms with E-state index < -0.39 is 0 Å². The fourth-order valence-corrected chi connectivity index (χ4v) is 3.25. The molecule has 0 radical (unpaired) electrons. The highest BCUT2D eigenvalue weighted by molar-refractivity contribution is 5.47. The Morgan fingerprint density at radius 3 is 2.21 bits per heavy atom. The first-order chi connectivity index (χ1) is 9.20. The summed E-state index contributed by atoms with van der Waals surface area (Å²) in [6, 6.07) is 8.94. The molecule has 0 N–H and O–H groups in total. The van der Waals surface area contributed by atoms with Crippen molar-refractivity contribution in [1.29, 1.82) is 0 Å². The van der Waals surface area contributed by atoms with Crippen molar-refractivity contribution in [3.63, 3.8) is 0 Å². The standard InChI is InChI=1S/C16H25N3/c1-14-3-5-16(6-4-14)19-9-7-18(8-10-19)13-15-11-17(2)12-15/h3-6,15H,7-13H2,1-2H3. The van der Waals surface area contributed by atoms with Crippen LogP contribution in [0.15, 0.2) is 24.3 Å². The fourth-order valence-electron chi connectivity index (χ4n) is 3.25. The summed E-state index contributed by atoms with van der Waals surface area (Å²) in [5.41, 5.74) is 2.73. The number of hydrogen-bond acceptors (Lipinski definition) is 3. The van der Waals surface area contributed by atoms with Crippen LogP contribution in [0.4, 0.5) is 5.69 Å². The highest BCUT2D eigenvalue weighted by Crippen LogP contribution is 2.19. The number of benzene rings is 1. The maximum absolute atomic E-state index is 2.64. The molecule has 0 aliphatic carbocycles. The Morgan fingerprint density at radius 2 is 1.63 bits per heavy atom. The van der Waals surface area contributed by atoms with E-state index in [4.69, 9.17) is 0 Å². The van der Waals surface area contributed by atoms with Crippen LogP contribution >= 0.6 is 0 Å². The third kappa shape index (κ3) is 3.10. The summed E-state index contributed by atoms with van der Waals surface area (Å²) in [4.78, 5) is 7.57. The summed E-state index contributed by atoms with van der Waals surface area (Å²) < 4.78 is 0. The quantitative estimate of drug-likeness (QED) is 0.818. The summed E-state index contributed by atoms with van der Waals surface area (Å²) in [7, 11) is 2.21. The molecule has 2 saturated heterocycles. The molecule has 2 heterocycles. The molecule has 0 aromatic heterocycles. The SMILES string of the molecule is Cc1ccc(N2CCN(CC3CN(C)C3)CC2)cc1. The van der Waals surface area contributed by atoms with E-state index in [9.17, 15) is 0 Å². The van der Waals surface area contributed by atoms with Gasteiger partial charge in [0.2, 0.25) is 0 Å². The average molecular weight is 259 g/mol. The third-order valence-corrected chi connectivity index (χ3v) is 4.43. The van der Waals surface area contributed by atoms with Crippen molar-refractivity contribution in [2.45, 2.75) is 6.92 Å². The van der Waals surface area contributed by atoms with Gasteiger partial charge in [0.15, 0.2) is 0 Å². The van der Waals surface area contributed by atoms with E-state index in [1.54, 1.807) is 0 Å². The van der Waals surface area contributed by atoms with Crippen LogP contribution in [0.5, 0.6) is 0 Å². The van der Waals surface area contributed by atoms with Gasteiger partial charge in [-0.25, -0.2) is 0 Å². The summed E-state index contributed by atoms with van der Waals surface area (Å²) in [5.74, 6) is 0.913. The van der Waals surface area contributed by atoms with Crippen molar-refractivity contribution in [2.75, 3.05) is 57.8 Å². The van der Waals surface area contributed by atoms with E-state index >= 15 is 0 Å². The molecule has 0 spiro atoms. The number of piperazine rings is 1. The molecule has 1 aromatic rings. The second-order valence-corrected chi connectivity index (χ2v) is 6.21. The molecule has 0 saturated carbocycles. The van der Waals surface area contributed by atoms with E-state index in [1.807, 2.05) is 0 Å². The highest BCUT2D eigenvalue weighted by atomic mass is 15.3. The van der Waals surface area contributed by atoms with Crippen LogP contribution in [0.2, 0.25) is 0 Å². The van der Waals surface area contributed by atoms with Crippen LogP contribution < -0.4 is 4.90 Å². The minimum atomic E-state index is 0.913. The molecule has 0 amide bonds. The fraction of sp³-hybridized carbons (Fsp3) is 0.625. The molecule has 2 fully saturated rings. The minimum absolute atomic E-state index is 0.913. The first-order valence-electron chi connectivity index (χ1n) is 7.43. The van der Waals surface area contributed by atoms with Crippen LogP contribution in [-0.2, 0) is 0 Å². The van der Waals surface area contributed by atoms with Crippen molar-refractivity contribution >= 4 is 5.69 Å². The molecule has 1 aromatic carbocycles. The van der Waals surface area contributed by atoms with Crippen molar-refractivity contribution in [1.82, 2.24) is 9.80 Å². The Balaban J connectivity index is 1.47. The first-order valence-corrected chi connectivity index (χ1v) is 7.43. The van der Waals surface area contributed by atoms with Crippen molar-refractivity contribution in [3.05, 3.63) is 29.8 Å². The Labute approximate surface area is 116 Å². The van der Waals surface area contributed by atoms with Gasteiger partial charge < -0.3 is 9.80 Å². The number of aryl methyl sites for hydroxylation is 1. The van der Waals surface area contributed by atoms with Crippen molar-refractivity contribution in [2.24, 2.45) is 5.92 Å². The monoisotopic (exact) mass is 259 g/mol. The smallest absolute Gasteiger partial charge is 0.0367 e. The zero-order valence-corrected chi connectivity index (χ0v) is 12.2. The van der Waals surface area contributed by atoms with Gasteiger partial charge in [-0.1, -0.05) is 17.7 Å². The van der Waals surface area contributed by atoms with E-state index in [0.29, 0.717) is 0 Å². The van der Waals surface area contributed by atoms with Crippen molar-refractivity contribution < 1.29 is 0 Å². The molecular formula is C16H25N3. The zero-order valence-electron chi connectivity index (χ0n) is 12.2. The predicted molar refractivity (Wildman–Crippen MR) is 80.8 cm³/mol. The third-order valence-electron chi connectivity index (χ3n) is 4.43. The molecule has 0 unspecified atom stereocenters. The highest BCUT2D eigenvalue weighted by Gasteiger charge is 2.26. The molecule has 2 aliphatic heterocycles. The molecule has 0 atom stereocenters. The number of hydrogen-bond donors (Lipinski definition) is 0. The van der Waals surface area contributed by atoms with Crippen LogP contribution in [-0.4, -0.2) is 62.7 Å². The number of likely N-dealkylation sites (tertiary alicyclic amines) is 1. The Bertz CT molecular complexity index is 401. The lowest BCUT2D eigenvalue weighted by Gasteiger charge is -2.42. The average Bonchev–Trinajstić information content (AvgIpc) is 2.39. The number of nitrogens with zero attached hydrogens (tertiary/aromatic N) is 3. The van der Waals surface area contributed by atoms with Crippen LogP contribution in [0.1, 0.15) is 5.56 Å². The minimum Gasteiger partial charge on any atom is -0.369 e. The molecule has 3 nitrogen and oxygen atoms in total. The van der Waals surface area contributed by atoms with Gasteiger partial charge in [-0.05, 0) is 32.0 Å². The van der Waals surface area contributed by atoms with Gasteiger partial charge in [0, 0.05) is 51.5 Å². The largest absolute Gasteiger partial charge is 0.369 e. The lowest BCUT2D eigenvalue weighted by Crippen LogP contribution is -2.53. The Hall–Kier alpha value is -1.06. The number of anilines is 1. The summed E-state index contributed by atoms with van der Waals surface area (Å²) >= 11 is 0. The van der Waals surface area contributed by atoms with E-state index in [0.717, 1.165) is 5.92 Å². The van der Waals surface area contributed by atoms with E-state index in [-0.39, 0.29) is 0 Å². The molecule has 3 heteroatoms. The summed E-state index contributed by atoms with van der Waals surface area (Å²) in [6.45, 7) is 10.8. The Kier molecular flexibility index (Phi) is 3.76. The van der Waals surface area contributed by atoms with E-state index in [1.165, 1.54) is 57.1 Å². The van der Waals surface area contributed by atoms with Gasteiger partial charge in [0.05, 0.1) is 0 Å². The first kappa shape index (κ1) is 12.9. The summed E-state index contributed by atoms with van der Waals surface area (Å²) in [5, 5.41) is 0.